The molecule has 1 heterocycles. The molecule has 19 heavy (non-hydrogen) atoms. The Morgan fingerprint density at radius 3 is 2.79 bits per heavy atom. The van der Waals surface area contributed by atoms with E-state index >= 15 is 0 Å². The Hall–Kier alpha value is -1.81. The molecule has 0 saturated carbocycles. The maximum Gasteiger partial charge on any atom is 0.334 e. The monoisotopic (exact) mass is 261 g/mol. The van der Waals surface area contributed by atoms with E-state index in [9.17, 15) is 4.79 Å². The zero-order chi connectivity index (χ0) is 13.8. The summed E-state index contributed by atoms with van der Waals surface area (Å²) in [5, 5.41) is 0. The second-order valence-corrected chi connectivity index (χ2v) is 4.67. The molecule has 1 aliphatic rings. The summed E-state index contributed by atoms with van der Waals surface area (Å²) in [4.78, 5) is 14.1. The zero-order valence-corrected chi connectivity index (χ0v) is 11.6. The molecular weight excluding hydrogens is 242 g/mol. The lowest BCUT2D eigenvalue weighted by molar-refractivity contribution is -0.136. The SMILES string of the molecule is COC(=O)C1=C(c2cccc(OC)c2)CN(C)CC1. The molecule has 1 aliphatic heterocycles. The number of rotatable bonds is 3. The Morgan fingerprint density at radius 2 is 2.11 bits per heavy atom. The third-order valence-electron chi connectivity index (χ3n) is 3.39. The molecule has 0 atom stereocenters. The minimum Gasteiger partial charge on any atom is -0.497 e. The molecule has 1 aromatic carbocycles. The van der Waals surface area contributed by atoms with E-state index in [0.29, 0.717) is 0 Å². The average Bonchev–Trinajstić information content (AvgIpc) is 2.46. The summed E-state index contributed by atoms with van der Waals surface area (Å²) in [5.74, 6) is 0.563. The highest BCUT2D eigenvalue weighted by atomic mass is 16.5. The molecular formula is C15H19NO3. The van der Waals surface area contributed by atoms with Gasteiger partial charge in [-0.1, -0.05) is 12.1 Å². The highest BCUT2D eigenvalue weighted by Crippen LogP contribution is 2.28. The number of ether oxygens (including phenoxy) is 2. The van der Waals surface area contributed by atoms with Crippen LogP contribution in [0.3, 0.4) is 0 Å². The van der Waals surface area contributed by atoms with E-state index in [-0.39, 0.29) is 5.97 Å². The van der Waals surface area contributed by atoms with Gasteiger partial charge in [-0.2, -0.15) is 0 Å². The van der Waals surface area contributed by atoms with Gasteiger partial charge in [-0.05, 0) is 36.7 Å². The Morgan fingerprint density at radius 1 is 1.32 bits per heavy atom. The van der Waals surface area contributed by atoms with Crippen molar-refractivity contribution in [3.63, 3.8) is 0 Å². The molecule has 0 N–H and O–H groups in total. The molecule has 0 bridgehead atoms. The van der Waals surface area contributed by atoms with Crippen LogP contribution in [0, 0.1) is 0 Å². The van der Waals surface area contributed by atoms with Crippen molar-refractivity contribution >= 4 is 11.5 Å². The first kappa shape index (κ1) is 13.6. The van der Waals surface area contributed by atoms with Crippen LogP contribution in [0.15, 0.2) is 29.8 Å². The molecule has 4 nitrogen and oxygen atoms in total. The summed E-state index contributed by atoms with van der Waals surface area (Å²) in [6.45, 7) is 1.62. The number of carbonyl (C=O) groups excluding carboxylic acids is 1. The molecule has 0 aliphatic carbocycles. The van der Waals surface area contributed by atoms with E-state index in [1.165, 1.54) is 7.11 Å². The summed E-state index contributed by atoms with van der Waals surface area (Å²) in [6.07, 6.45) is 0.718. The van der Waals surface area contributed by atoms with Crippen molar-refractivity contribution in [3.05, 3.63) is 35.4 Å². The smallest absolute Gasteiger partial charge is 0.334 e. The van der Waals surface area contributed by atoms with Crippen LogP contribution in [0.1, 0.15) is 12.0 Å². The van der Waals surface area contributed by atoms with Crippen LogP contribution in [-0.2, 0) is 9.53 Å². The second kappa shape index (κ2) is 5.89. The first-order valence-corrected chi connectivity index (χ1v) is 6.29. The van der Waals surface area contributed by atoms with Crippen LogP contribution in [0.4, 0.5) is 0 Å². The molecule has 0 saturated heterocycles. The average molecular weight is 261 g/mol. The van der Waals surface area contributed by atoms with Crippen LogP contribution < -0.4 is 4.74 Å². The van der Waals surface area contributed by atoms with E-state index in [1.54, 1.807) is 7.11 Å². The molecule has 4 heteroatoms. The number of esters is 1. The number of benzene rings is 1. The van der Waals surface area contributed by atoms with Gasteiger partial charge >= 0.3 is 5.97 Å². The lowest BCUT2D eigenvalue weighted by Gasteiger charge is -2.27. The Labute approximate surface area is 113 Å². The lowest BCUT2D eigenvalue weighted by Crippen LogP contribution is -2.29. The molecule has 0 unspecified atom stereocenters. The second-order valence-electron chi connectivity index (χ2n) is 4.67. The van der Waals surface area contributed by atoms with Crippen molar-refractivity contribution in [2.75, 3.05) is 34.4 Å². The normalized spacial score (nSPS) is 16.4. The molecule has 1 aromatic rings. The first-order valence-electron chi connectivity index (χ1n) is 6.29. The van der Waals surface area contributed by atoms with Crippen molar-refractivity contribution < 1.29 is 14.3 Å². The maximum absolute atomic E-state index is 11.9. The molecule has 2 rings (SSSR count). The highest BCUT2D eigenvalue weighted by molar-refractivity contribution is 5.98. The van der Waals surface area contributed by atoms with Crippen LogP contribution in [0.25, 0.3) is 5.57 Å². The number of hydrogen-bond donors (Lipinski definition) is 0. The Balaban J connectivity index is 2.45. The molecule has 0 fully saturated rings. The van der Waals surface area contributed by atoms with Crippen LogP contribution >= 0.6 is 0 Å². The largest absolute Gasteiger partial charge is 0.497 e. The molecule has 0 aromatic heterocycles. The van der Waals surface area contributed by atoms with E-state index in [0.717, 1.165) is 42.0 Å². The maximum atomic E-state index is 11.9. The predicted molar refractivity (Wildman–Crippen MR) is 74.0 cm³/mol. The zero-order valence-electron chi connectivity index (χ0n) is 11.6. The van der Waals surface area contributed by atoms with Gasteiger partial charge in [0.15, 0.2) is 0 Å². The summed E-state index contributed by atoms with van der Waals surface area (Å²) >= 11 is 0. The molecule has 0 spiro atoms. The van der Waals surface area contributed by atoms with Crippen molar-refractivity contribution in [1.29, 1.82) is 0 Å². The fourth-order valence-electron chi connectivity index (χ4n) is 2.32. The van der Waals surface area contributed by atoms with E-state index in [4.69, 9.17) is 9.47 Å². The fraction of sp³-hybridized carbons (Fsp3) is 0.400. The summed E-state index contributed by atoms with van der Waals surface area (Å²) in [7, 11) is 5.12. The van der Waals surface area contributed by atoms with Crippen LogP contribution in [0.2, 0.25) is 0 Å². The highest BCUT2D eigenvalue weighted by Gasteiger charge is 2.23. The van der Waals surface area contributed by atoms with Gasteiger partial charge in [0, 0.05) is 18.7 Å². The van der Waals surface area contributed by atoms with Gasteiger partial charge in [-0.25, -0.2) is 4.79 Å². The van der Waals surface area contributed by atoms with Gasteiger partial charge < -0.3 is 14.4 Å². The van der Waals surface area contributed by atoms with E-state index in [2.05, 4.69) is 4.90 Å². The van der Waals surface area contributed by atoms with E-state index in [1.807, 2.05) is 31.3 Å². The predicted octanol–water partition coefficient (Wildman–Crippen LogP) is 1.96. The lowest BCUT2D eigenvalue weighted by atomic mass is 9.94. The van der Waals surface area contributed by atoms with Crippen molar-refractivity contribution in [3.8, 4) is 5.75 Å². The summed E-state index contributed by atoms with van der Waals surface area (Å²) in [6, 6.07) is 7.79. The van der Waals surface area contributed by atoms with Crippen molar-refractivity contribution in [2.45, 2.75) is 6.42 Å². The number of nitrogens with zero attached hydrogens (tertiary/aromatic N) is 1. The quantitative estimate of drug-likeness (QED) is 0.780. The topological polar surface area (TPSA) is 38.8 Å². The first-order chi connectivity index (χ1) is 9.15. The van der Waals surface area contributed by atoms with Gasteiger partial charge in [-0.3, -0.25) is 0 Å². The molecule has 0 radical (unpaired) electrons. The minimum absolute atomic E-state index is 0.231. The third-order valence-corrected chi connectivity index (χ3v) is 3.39. The number of likely N-dealkylation sites (N-methyl/N-ethyl adjacent to an activating group) is 1. The Kier molecular flexibility index (Phi) is 4.22. The number of hydrogen-bond acceptors (Lipinski definition) is 4. The van der Waals surface area contributed by atoms with Crippen LogP contribution in [0.5, 0.6) is 5.75 Å². The summed E-state index contributed by atoms with van der Waals surface area (Å²) in [5.41, 5.74) is 2.82. The molecule has 102 valence electrons. The fourth-order valence-corrected chi connectivity index (χ4v) is 2.32. The number of carbonyl (C=O) groups is 1. The molecule has 0 amide bonds. The standard InChI is InChI=1S/C15H19NO3/c1-16-8-7-13(15(17)19-3)14(10-16)11-5-4-6-12(9-11)18-2/h4-6,9H,7-8,10H2,1-3H3. The Bertz CT molecular complexity index is 508. The van der Waals surface area contributed by atoms with Gasteiger partial charge in [0.25, 0.3) is 0 Å². The van der Waals surface area contributed by atoms with E-state index < -0.39 is 0 Å². The summed E-state index contributed by atoms with van der Waals surface area (Å²) < 4.78 is 10.1. The number of methoxy groups -OCH3 is 2. The van der Waals surface area contributed by atoms with Gasteiger partial charge in [0.05, 0.1) is 14.2 Å². The van der Waals surface area contributed by atoms with Crippen LogP contribution in [-0.4, -0.2) is 45.2 Å². The third kappa shape index (κ3) is 2.96. The van der Waals surface area contributed by atoms with Gasteiger partial charge in [0.2, 0.25) is 0 Å². The van der Waals surface area contributed by atoms with Gasteiger partial charge in [0.1, 0.15) is 5.75 Å². The van der Waals surface area contributed by atoms with Crippen molar-refractivity contribution in [1.82, 2.24) is 4.90 Å². The minimum atomic E-state index is -0.231. The van der Waals surface area contributed by atoms with Gasteiger partial charge in [-0.15, -0.1) is 0 Å². The van der Waals surface area contributed by atoms with Crippen molar-refractivity contribution in [2.24, 2.45) is 0 Å².